The van der Waals surface area contributed by atoms with Gasteiger partial charge in [-0.15, -0.1) is 0 Å². The van der Waals surface area contributed by atoms with Crippen molar-refractivity contribution in [3.63, 3.8) is 0 Å². The van der Waals surface area contributed by atoms with E-state index in [1.54, 1.807) is 54.6 Å². The summed E-state index contributed by atoms with van der Waals surface area (Å²) in [6, 6.07) is 15.2. The molecule has 0 aliphatic carbocycles. The maximum Gasteiger partial charge on any atom is 0.435 e. The summed E-state index contributed by atoms with van der Waals surface area (Å²) in [6.45, 7) is -0.00318. The van der Waals surface area contributed by atoms with Crippen molar-refractivity contribution in [2.45, 2.75) is 18.9 Å². The molecule has 154 valence electrons. The molecular weight excluding hydrogens is 419 g/mol. The molecular formula is C20H15ClF3N5O. The predicted octanol–water partition coefficient (Wildman–Crippen LogP) is 5.22. The Hall–Kier alpha value is -3.17. The number of nitrogens with two attached hydrogens (primary N) is 1. The van der Waals surface area contributed by atoms with Crippen LogP contribution in [0.3, 0.4) is 0 Å². The molecule has 0 saturated heterocycles. The molecule has 10 heteroatoms. The van der Waals surface area contributed by atoms with Crippen molar-refractivity contribution in [3.8, 4) is 11.6 Å². The van der Waals surface area contributed by atoms with Crippen LogP contribution in [0.5, 0.6) is 5.88 Å². The number of para-hydroxylation sites is 1. The normalized spacial score (nSPS) is 16.0. The fraction of sp³-hybridized carbons (Fsp3) is 0.150. The summed E-state index contributed by atoms with van der Waals surface area (Å²) < 4.78 is 48.6. The summed E-state index contributed by atoms with van der Waals surface area (Å²) in [6.07, 6.45) is -4.59. The van der Waals surface area contributed by atoms with E-state index in [2.05, 4.69) is 15.3 Å². The SMILES string of the molecule is NC1N=NC=C1c1c(C(F)(F)F)nn(-c2ccccc2)c1OCc1ccc(Cl)cc1. The molecule has 6 nitrogen and oxygen atoms in total. The molecule has 1 aromatic heterocycles. The molecule has 0 fully saturated rings. The van der Waals surface area contributed by atoms with Gasteiger partial charge in [-0.25, -0.2) is 0 Å². The first-order valence-electron chi connectivity index (χ1n) is 8.83. The monoisotopic (exact) mass is 433 g/mol. The number of benzene rings is 2. The van der Waals surface area contributed by atoms with Gasteiger partial charge in [-0.3, -0.25) is 0 Å². The molecule has 1 aliphatic rings. The van der Waals surface area contributed by atoms with E-state index in [-0.39, 0.29) is 23.6 Å². The number of alkyl halides is 3. The van der Waals surface area contributed by atoms with Crippen LogP contribution in [0.15, 0.2) is 71.0 Å². The molecule has 4 rings (SSSR count). The summed E-state index contributed by atoms with van der Waals surface area (Å²) in [7, 11) is 0. The quantitative estimate of drug-likeness (QED) is 0.599. The molecule has 1 aliphatic heterocycles. The van der Waals surface area contributed by atoms with Crippen LogP contribution in [0.1, 0.15) is 16.8 Å². The zero-order valence-corrected chi connectivity index (χ0v) is 16.1. The molecule has 0 amide bonds. The van der Waals surface area contributed by atoms with E-state index in [1.165, 1.54) is 6.20 Å². The molecule has 30 heavy (non-hydrogen) atoms. The lowest BCUT2D eigenvalue weighted by molar-refractivity contribution is -0.141. The Balaban J connectivity index is 1.85. The highest BCUT2D eigenvalue weighted by Crippen LogP contribution is 2.42. The summed E-state index contributed by atoms with van der Waals surface area (Å²) in [5.74, 6) is -0.0996. The van der Waals surface area contributed by atoms with Crippen LogP contribution in [-0.2, 0) is 12.8 Å². The summed E-state index contributed by atoms with van der Waals surface area (Å²) in [4.78, 5) is 0. The maximum atomic E-state index is 13.9. The van der Waals surface area contributed by atoms with Crippen molar-refractivity contribution in [3.05, 3.63) is 82.6 Å². The fourth-order valence-electron chi connectivity index (χ4n) is 2.99. The van der Waals surface area contributed by atoms with Gasteiger partial charge in [0.2, 0.25) is 5.88 Å². The van der Waals surface area contributed by atoms with E-state index in [0.29, 0.717) is 10.7 Å². The van der Waals surface area contributed by atoms with Crippen molar-refractivity contribution in [2.75, 3.05) is 0 Å². The van der Waals surface area contributed by atoms with Gasteiger partial charge in [-0.1, -0.05) is 41.9 Å². The number of rotatable bonds is 5. The van der Waals surface area contributed by atoms with E-state index in [9.17, 15) is 13.2 Å². The zero-order valence-electron chi connectivity index (χ0n) is 15.3. The second-order valence-electron chi connectivity index (χ2n) is 6.45. The van der Waals surface area contributed by atoms with Crippen LogP contribution in [0.25, 0.3) is 11.3 Å². The van der Waals surface area contributed by atoms with Gasteiger partial charge in [0.25, 0.3) is 0 Å². The van der Waals surface area contributed by atoms with Gasteiger partial charge in [0.05, 0.1) is 17.5 Å². The molecule has 0 spiro atoms. The van der Waals surface area contributed by atoms with Crippen molar-refractivity contribution < 1.29 is 17.9 Å². The minimum absolute atomic E-state index is 0.00318. The molecule has 1 atom stereocenters. The lowest BCUT2D eigenvalue weighted by Crippen LogP contribution is -2.19. The minimum Gasteiger partial charge on any atom is -0.472 e. The third-order valence-electron chi connectivity index (χ3n) is 4.40. The number of nitrogens with zero attached hydrogens (tertiary/aromatic N) is 4. The Morgan fingerprint density at radius 1 is 1.07 bits per heavy atom. The molecule has 0 saturated carbocycles. The molecule has 0 bridgehead atoms. The van der Waals surface area contributed by atoms with Crippen molar-refractivity contribution >= 4 is 17.2 Å². The van der Waals surface area contributed by atoms with Crippen molar-refractivity contribution in [2.24, 2.45) is 16.0 Å². The van der Waals surface area contributed by atoms with E-state index in [4.69, 9.17) is 22.1 Å². The number of hydrogen-bond acceptors (Lipinski definition) is 5. The number of hydrogen-bond donors (Lipinski definition) is 1. The van der Waals surface area contributed by atoms with Crippen LogP contribution < -0.4 is 10.5 Å². The van der Waals surface area contributed by atoms with E-state index >= 15 is 0 Å². The number of azo groups is 1. The summed E-state index contributed by atoms with van der Waals surface area (Å²) in [5.41, 5.74) is 5.67. The van der Waals surface area contributed by atoms with Crippen LogP contribution in [0.2, 0.25) is 5.02 Å². The minimum atomic E-state index is -4.74. The average molecular weight is 434 g/mol. The maximum absolute atomic E-state index is 13.9. The molecule has 1 unspecified atom stereocenters. The van der Waals surface area contributed by atoms with Crippen LogP contribution in [-0.4, -0.2) is 15.9 Å². The smallest absolute Gasteiger partial charge is 0.435 e. The fourth-order valence-corrected chi connectivity index (χ4v) is 3.12. The third-order valence-corrected chi connectivity index (χ3v) is 4.65. The first-order valence-corrected chi connectivity index (χ1v) is 9.21. The first-order chi connectivity index (χ1) is 14.3. The van der Waals surface area contributed by atoms with Crippen molar-refractivity contribution in [1.82, 2.24) is 9.78 Å². The predicted molar refractivity (Wildman–Crippen MR) is 105 cm³/mol. The molecule has 0 radical (unpaired) electrons. The van der Waals surface area contributed by atoms with Crippen LogP contribution in [0, 0.1) is 0 Å². The van der Waals surface area contributed by atoms with Gasteiger partial charge in [-0.2, -0.15) is 33.2 Å². The topological polar surface area (TPSA) is 77.8 Å². The average Bonchev–Trinajstić information content (AvgIpc) is 3.31. The molecule has 2 aromatic carbocycles. The standard InChI is InChI=1S/C20H15ClF3N5O/c21-13-8-6-12(7-9-13)11-30-19-16(15-10-26-27-18(15)25)17(20(22,23)24)28-29(19)14-4-2-1-3-5-14/h1-10,18H,11,25H2. The lowest BCUT2D eigenvalue weighted by atomic mass is 10.0. The van der Waals surface area contributed by atoms with E-state index < -0.39 is 18.0 Å². The van der Waals surface area contributed by atoms with Crippen molar-refractivity contribution in [1.29, 1.82) is 0 Å². The highest BCUT2D eigenvalue weighted by molar-refractivity contribution is 6.30. The largest absolute Gasteiger partial charge is 0.472 e. The Bertz CT molecular complexity index is 1110. The Morgan fingerprint density at radius 3 is 2.37 bits per heavy atom. The van der Waals surface area contributed by atoms with Gasteiger partial charge in [0.1, 0.15) is 12.8 Å². The molecule has 3 aromatic rings. The molecule has 2 heterocycles. The van der Waals surface area contributed by atoms with E-state index in [1.807, 2.05) is 0 Å². The lowest BCUT2D eigenvalue weighted by Gasteiger charge is -2.14. The zero-order chi connectivity index (χ0) is 21.3. The second kappa shape index (κ2) is 7.92. The van der Waals surface area contributed by atoms with Gasteiger partial charge in [0, 0.05) is 10.6 Å². The third kappa shape index (κ3) is 3.94. The first kappa shape index (κ1) is 20.1. The Morgan fingerprint density at radius 2 is 1.77 bits per heavy atom. The van der Waals surface area contributed by atoms with E-state index in [0.717, 1.165) is 10.2 Å². The van der Waals surface area contributed by atoms with Gasteiger partial charge < -0.3 is 10.5 Å². The summed E-state index contributed by atoms with van der Waals surface area (Å²) >= 11 is 5.89. The number of ether oxygens (including phenoxy) is 1. The molecule has 2 N–H and O–H groups in total. The Labute approximate surface area is 174 Å². The summed E-state index contributed by atoms with van der Waals surface area (Å²) in [5, 5.41) is 11.7. The van der Waals surface area contributed by atoms with Gasteiger partial charge in [-0.05, 0) is 29.8 Å². The Kier molecular flexibility index (Phi) is 5.31. The van der Waals surface area contributed by atoms with Gasteiger partial charge >= 0.3 is 6.18 Å². The van der Waals surface area contributed by atoms with Crippen LogP contribution in [0.4, 0.5) is 13.2 Å². The number of aromatic nitrogens is 2. The number of halogens is 4. The second-order valence-corrected chi connectivity index (χ2v) is 6.89. The highest BCUT2D eigenvalue weighted by atomic mass is 35.5. The van der Waals surface area contributed by atoms with Crippen LogP contribution >= 0.6 is 11.6 Å². The highest BCUT2D eigenvalue weighted by Gasteiger charge is 2.42. The van der Waals surface area contributed by atoms with Gasteiger partial charge in [0.15, 0.2) is 5.69 Å².